The lowest BCUT2D eigenvalue weighted by atomic mass is 10.0. The van der Waals surface area contributed by atoms with Gasteiger partial charge in [0.2, 0.25) is 5.91 Å². The summed E-state index contributed by atoms with van der Waals surface area (Å²) in [4.78, 5) is 13.9. The summed E-state index contributed by atoms with van der Waals surface area (Å²) in [5.74, 6) is 0.460. The van der Waals surface area contributed by atoms with Crippen molar-refractivity contribution in [3.8, 4) is 0 Å². The highest BCUT2D eigenvalue weighted by atomic mass is 127. The molecule has 0 radical (unpaired) electrons. The third kappa shape index (κ3) is 3.03. The van der Waals surface area contributed by atoms with E-state index in [0.717, 1.165) is 14.9 Å². The number of benzene rings is 2. The molecule has 1 amide bonds. The molecule has 0 bridgehead atoms. The van der Waals surface area contributed by atoms with Crippen molar-refractivity contribution < 1.29 is 4.79 Å². The van der Waals surface area contributed by atoms with Crippen LogP contribution in [-0.2, 0) is 4.79 Å². The summed E-state index contributed by atoms with van der Waals surface area (Å²) in [5, 5.41) is 0. The molecule has 0 N–H and O–H groups in total. The van der Waals surface area contributed by atoms with Gasteiger partial charge in [0.05, 0.1) is 5.69 Å². The van der Waals surface area contributed by atoms with Gasteiger partial charge < -0.3 is 0 Å². The SMILES string of the molecule is CC(=O)N(c1ccccc1)c1cccc(C(C)C)c1I. The van der Waals surface area contributed by atoms with Gasteiger partial charge >= 0.3 is 0 Å². The maximum absolute atomic E-state index is 12.1. The number of rotatable bonds is 3. The Morgan fingerprint density at radius 3 is 2.25 bits per heavy atom. The van der Waals surface area contributed by atoms with Crippen LogP contribution in [-0.4, -0.2) is 5.91 Å². The number of amides is 1. The van der Waals surface area contributed by atoms with Crippen LogP contribution in [0.3, 0.4) is 0 Å². The summed E-state index contributed by atoms with van der Waals surface area (Å²) in [6.07, 6.45) is 0. The predicted molar refractivity (Wildman–Crippen MR) is 92.5 cm³/mol. The van der Waals surface area contributed by atoms with Crippen LogP contribution in [0.4, 0.5) is 11.4 Å². The fourth-order valence-electron chi connectivity index (χ4n) is 2.22. The van der Waals surface area contributed by atoms with Crippen LogP contribution < -0.4 is 4.90 Å². The maximum Gasteiger partial charge on any atom is 0.228 e. The normalized spacial score (nSPS) is 10.7. The molecule has 0 saturated heterocycles. The average Bonchev–Trinajstić information content (AvgIpc) is 2.41. The van der Waals surface area contributed by atoms with Gasteiger partial charge in [-0.05, 0) is 52.3 Å². The highest BCUT2D eigenvalue weighted by Crippen LogP contribution is 2.34. The molecule has 0 saturated carbocycles. The van der Waals surface area contributed by atoms with Crippen LogP contribution >= 0.6 is 22.6 Å². The lowest BCUT2D eigenvalue weighted by Crippen LogP contribution is -2.24. The summed E-state index contributed by atoms with van der Waals surface area (Å²) in [7, 11) is 0. The molecule has 0 aliphatic heterocycles. The van der Waals surface area contributed by atoms with Gasteiger partial charge in [-0.1, -0.05) is 44.2 Å². The Balaban J connectivity index is 2.57. The Morgan fingerprint density at radius 1 is 1.05 bits per heavy atom. The van der Waals surface area contributed by atoms with Crippen molar-refractivity contribution in [3.63, 3.8) is 0 Å². The number of carbonyl (C=O) groups excluding carboxylic acids is 1. The van der Waals surface area contributed by atoms with E-state index in [9.17, 15) is 4.79 Å². The van der Waals surface area contributed by atoms with Crippen molar-refractivity contribution in [2.45, 2.75) is 26.7 Å². The van der Waals surface area contributed by atoms with Crippen LogP contribution in [0, 0.1) is 3.57 Å². The second-order valence-electron chi connectivity index (χ2n) is 5.03. The summed E-state index contributed by atoms with van der Waals surface area (Å²) >= 11 is 2.34. The van der Waals surface area contributed by atoms with E-state index in [-0.39, 0.29) is 5.91 Å². The van der Waals surface area contributed by atoms with Gasteiger partial charge in [0.1, 0.15) is 0 Å². The molecule has 0 atom stereocenters. The van der Waals surface area contributed by atoms with E-state index in [4.69, 9.17) is 0 Å². The minimum absolute atomic E-state index is 0.0232. The molecule has 2 nitrogen and oxygen atoms in total. The summed E-state index contributed by atoms with van der Waals surface area (Å²) in [5.41, 5.74) is 3.12. The Hall–Kier alpha value is -1.36. The van der Waals surface area contributed by atoms with Gasteiger partial charge in [0.15, 0.2) is 0 Å². The second kappa shape index (κ2) is 6.39. The first-order valence-electron chi connectivity index (χ1n) is 6.66. The first-order valence-corrected chi connectivity index (χ1v) is 7.74. The molecule has 0 aliphatic carbocycles. The molecule has 20 heavy (non-hydrogen) atoms. The van der Waals surface area contributed by atoms with Gasteiger partial charge in [-0.2, -0.15) is 0 Å². The summed E-state index contributed by atoms with van der Waals surface area (Å²) in [6, 6.07) is 15.9. The smallest absolute Gasteiger partial charge is 0.228 e. The van der Waals surface area contributed by atoms with Crippen LogP contribution in [0.5, 0.6) is 0 Å². The summed E-state index contributed by atoms with van der Waals surface area (Å²) in [6.45, 7) is 5.94. The van der Waals surface area contributed by atoms with Gasteiger partial charge in [-0.15, -0.1) is 0 Å². The number of para-hydroxylation sites is 1. The topological polar surface area (TPSA) is 20.3 Å². The maximum atomic E-state index is 12.1. The van der Waals surface area contributed by atoms with E-state index in [1.54, 1.807) is 11.8 Å². The third-order valence-corrected chi connectivity index (χ3v) is 4.38. The molecule has 2 rings (SSSR count). The molecular weight excluding hydrogens is 361 g/mol. The quantitative estimate of drug-likeness (QED) is 0.680. The van der Waals surface area contributed by atoms with Gasteiger partial charge in [-0.3, -0.25) is 9.69 Å². The Morgan fingerprint density at radius 2 is 1.70 bits per heavy atom. The van der Waals surface area contributed by atoms with E-state index in [2.05, 4.69) is 42.5 Å². The lowest BCUT2D eigenvalue weighted by molar-refractivity contribution is -0.115. The van der Waals surface area contributed by atoms with E-state index in [1.807, 2.05) is 42.5 Å². The van der Waals surface area contributed by atoms with Crippen molar-refractivity contribution in [1.82, 2.24) is 0 Å². The number of carbonyl (C=O) groups is 1. The molecule has 0 spiro atoms. The molecule has 3 heteroatoms. The zero-order chi connectivity index (χ0) is 14.7. The van der Waals surface area contributed by atoms with Crippen molar-refractivity contribution in [1.29, 1.82) is 0 Å². The number of halogens is 1. The highest BCUT2D eigenvalue weighted by Gasteiger charge is 2.18. The minimum Gasteiger partial charge on any atom is -0.280 e. The molecule has 0 aliphatic rings. The fraction of sp³-hybridized carbons (Fsp3) is 0.235. The first kappa shape index (κ1) is 15.0. The predicted octanol–water partition coefficient (Wildman–Crippen LogP) is 5.10. The Bertz CT molecular complexity index is 608. The standard InChI is InChI=1S/C17H18INO/c1-12(2)15-10-7-11-16(17(15)18)19(13(3)20)14-8-5-4-6-9-14/h4-12H,1-3H3. The van der Waals surface area contributed by atoms with Crippen molar-refractivity contribution in [2.75, 3.05) is 4.90 Å². The minimum atomic E-state index is 0.0232. The molecule has 2 aromatic carbocycles. The van der Waals surface area contributed by atoms with E-state index in [0.29, 0.717) is 5.92 Å². The van der Waals surface area contributed by atoms with Gasteiger partial charge in [0, 0.05) is 16.2 Å². The Labute approximate surface area is 133 Å². The fourth-order valence-corrected chi connectivity index (χ4v) is 3.45. The van der Waals surface area contributed by atoms with Crippen molar-refractivity contribution in [2.24, 2.45) is 0 Å². The van der Waals surface area contributed by atoms with Crippen molar-refractivity contribution >= 4 is 39.9 Å². The zero-order valence-electron chi connectivity index (χ0n) is 11.9. The highest BCUT2D eigenvalue weighted by molar-refractivity contribution is 14.1. The largest absolute Gasteiger partial charge is 0.280 e. The van der Waals surface area contributed by atoms with Crippen LogP contribution in [0.25, 0.3) is 0 Å². The number of anilines is 2. The third-order valence-electron chi connectivity index (χ3n) is 3.20. The second-order valence-corrected chi connectivity index (χ2v) is 6.10. The van der Waals surface area contributed by atoms with Crippen LogP contribution in [0.1, 0.15) is 32.3 Å². The number of hydrogen-bond acceptors (Lipinski definition) is 1. The van der Waals surface area contributed by atoms with E-state index >= 15 is 0 Å². The molecule has 2 aromatic rings. The average molecular weight is 379 g/mol. The molecule has 0 unspecified atom stereocenters. The van der Waals surface area contributed by atoms with Crippen LogP contribution in [0.2, 0.25) is 0 Å². The zero-order valence-corrected chi connectivity index (χ0v) is 14.1. The molecular formula is C17H18INO. The number of nitrogens with zero attached hydrogens (tertiary/aromatic N) is 1. The molecule has 0 heterocycles. The van der Waals surface area contributed by atoms with E-state index < -0.39 is 0 Å². The lowest BCUT2D eigenvalue weighted by Gasteiger charge is -2.24. The molecule has 0 fully saturated rings. The number of hydrogen-bond donors (Lipinski definition) is 0. The molecule has 0 aromatic heterocycles. The van der Waals surface area contributed by atoms with Gasteiger partial charge in [-0.25, -0.2) is 0 Å². The summed E-state index contributed by atoms with van der Waals surface area (Å²) < 4.78 is 1.14. The molecule has 104 valence electrons. The Kier molecular flexibility index (Phi) is 4.81. The monoisotopic (exact) mass is 379 g/mol. The van der Waals surface area contributed by atoms with Crippen LogP contribution in [0.15, 0.2) is 48.5 Å². The van der Waals surface area contributed by atoms with Crippen molar-refractivity contribution in [3.05, 3.63) is 57.7 Å². The van der Waals surface area contributed by atoms with E-state index in [1.165, 1.54) is 5.56 Å². The van der Waals surface area contributed by atoms with Gasteiger partial charge in [0.25, 0.3) is 0 Å². The first-order chi connectivity index (χ1) is 9.52.